The standard InChI is InChI=1S/C12H10ClN.C6H7N.C5H3Cl2N/c13-11-7-4-8-14-12(11)9-10-5-2-1-3-6-10;7-6-4-2-1-3-5-6;6-4-2-1-3-8-5(4)7/h1-8H,9H2;1-5H,7H2;1-3H. The highest BCUT2D eigenvalue weighted by Crippen LogP contribution is 2.16. The molecule has 0 atom stereocenters. The fraction of sp³-hybridized carbons (Fsp3) is 0.0435. The molecule has 148 valence electrons. The summed E-state index contributed by atoms with van der Waals surface area (Å²) in [6.07, 6.45) is 4.15. The van der Waals surface area contributed by atoms with E-state index in [-0.39, 0.29) is 0 Å². The second kappa shape index (κ2) is 12.8. The molecule has 0 saturated heterocycles. The first kappa shape index (κ1) is 22.7. The number of aromatic nitrogens is 2. The molecule has 0 aliphatic carbocycles. The van der Waals surface area contributed by atoms with Crippen molar-refractivity contribution in [3.05, 3.63) is 124 Å². The van der Waals surface area contributed by atoms with Crippen LogP contribution >= 0.6 is 34.8 Å². The van der Waals surface area contributed by atoms with Crippen LogP contribution in [0.1, 0.15) is 11.3 Å². The van der Waals surface area contributed by atoms with Gasteiger partial charge in [0.2, 0.25) is 0 Å². The highest BCUT2D eigenvalue weighted by Gasteiger charge is 2.01. The van der Waals surface area contributed by atoms with Crippen LogP contribution in [0.25, 0.3) is 0 Å². The number of anilines is 1. The number of hydrogen-bond donors (Lipinski definition) is 1. The fourth-order valence-electron chi connectivity index (χ4n) is 2.16. The third-order valence-electron chi connectivity index (χ3n) is 3.56. The second-order valence-corrected chi connectivity index (χ2v) is 6.95. The van der Waals surface area contributed by atoms with Gasteiger partial charge in [-0.1, -0.05) is 83.3 Å². The summed E-state index contributed by atoms with van der Waals surface area (Å²) < 4.78 is 0. The lowest BCUT2D eigenvalue weighted by molar-refractivity contribution is 1.07. The Labute approximate surface area is 186 Å². The lowest BCUT2D eigenvalue weighted by atomic mass is 10.1. The van der Waals surface area contributed by atoms with Gasteiger partial charge < -0.3 is 5.73 Å². The van der Waals surface area contributed by atoms with Gasteiger partial charge in [0, 0.05) is 24.5 Å². The van der Waals surface area contributed by atoms with Crippen molar-refractivity contribution in [1.82, 2.24) is 9.97 Å². The van der Waals surface area contributed by atoms with E-state index in [0.29, 0.717) is 10.2 Å². The van der Waals surface area contributed by atoms with Gasteiger partial charge in [-0.05, 0) is 42.0 Å². The lowest BCUT2D eigenvalue weighted by Crippen LogP contribution is -1.92. The minimum atomic E-state index is 0.356. The largest absolute Gasteiger partial charge is 0.399 e. The summed E-state index contributed by atoms with van der Waals surface area (Å²) in [5.41, 5.74) is 8.34. The van der Waals surface area contributed by atoms with E-state index in [0.717, 1.165) is 22.8 Å². The van der Waals surface area contributed by atoms with Gasteiger partial charge in [-0.25, -0.2) is 4.98 Å². The minimum absolute atomic E-state index is 0.356. The van der Waals surface area contributed by atoms with Crippen LogP contribution < -0.4 is 5.73 Å². The van der Waals surface area contributed by atoms with Crippen LogP contribution in [0.4, 0.5) is 5.69 Å². The molecule has 3 nitrogen and oxygen atoms in total. The van der Waals surface area contributed by atoms with Crippen LogP contribution in [0, 0.1) is 0 Å². The van der Waals surface area contributed by atoms with Crippen LogP contribution in [-0.2, 0) is 6.42 Å². The van der Waals surface area contributed by atoms with E-state index < -0.39 is 0 Å². The maximum absolute atomic E-state index is 6.01. The summed E-state index contributed by atoms with van der Waals surface area (Å²) in [7, 11) is 0. The Bertz CT molecular complexity index is 959. The van der Waals surface area contributed by atoms with Crippen LogP contribution in [0.3, 0.4) is 0 Å². The first-order chi connectivity index (χ1) is 14.1. The van der Waals surface area contributed by atoms with Crippen LogP contribution in [0.15, 0.2) is 97.3 Å². The van der Waals surface area contributed by atoms with Crippen molar-refractivity contribution < 1.29 is 0 Å². The van der Waals surface area contributed by atoms with Crippen molar-refractivity contribution >= 4 is 40.5 Å². The number of pyridine rings is 2. The maximum Gasteiger partial charge on any atom is 0.147 e. The zero-order chi connectivity index (χ0) is 20.9. The molecule has 0 amide bonds. The molecule has 6 heteroatoms. The number of nitrogen functional groups attached to an aromatic ring is 1. The van der Waals surface area contributed by atoms with Crippen molar-refractivity contribution in [1.29, 1.82) is 0 Å². The Hall–Kier alpha value is -2.59. The molecule has 0 radical (unpaired) electrons. The fourth-order valence-corrected chi connectivity index (χ4v) is 2.59. The number of halogens is 3. The van der Waals surface area contributed by atoms with Gasteiger partial charge >= 0.3 is 0 Å². The summed E-state index contributed by atoms with van der Waals surface area (Å²) in [6, 6.07) is 26.8. The highest BCUT2D eigenvalue weighted by molar-refractivity contribution is 6.41. The molecule has 0 bridgehead atoms. The Balaban J connectivity index is 0.000000170. The Morgan fingerprint density at radius 1 is 0.621 bits per heavy atom. The molecule has 2 N–H and O–H groups in total. The van der Waals surface area contributed by atoms with Crippen molar-refractivity contribution in [2.24, 2.45) is 0 Å². The van der Waals surface area contributed by atoms with Gasteiger partial charge in [0.15, 0.2) is 0 Å². The predicted molar refractivity (Wildman–Crippen MR) is 124 cm³/mol. The smallest absolute Gasteiger partial charge is 0.147 e. The minimum Gasteiger partial charge on any atom is -0.399 e. The van der Waals surface area contributed by atoms with Crippen molar-refractivity contribution in [2.45, 2.75) is 6.42 Å². The molecule has 2 heterocycles. The molecule has 0 unspecified atom stereocenters. The summed E-state index contributed by atoms with van der Waals surface area (Å²) in [4.78, 5) is 7.95. The normalized spacial score (nSPS) is 9.48. The molecule has 2 aromatic carbocycles. The number of rotatable bonds is 2. The zero-order valence-corrected chi connectivity index (χ0v) is 17.8. The van der Waals surface area contributed by atoms with Gasteiger partial charge in [0.05, 0.1) is 15.7 Å². The van der Waals surface area contributed by atoms with Crippen molar-refractivity contribution in [3.63, 3.8) is 0 Å². The first-order valence-electron chi connectivity index (χ1n) is 8.76. The third kappa shape index (κ3) is 8.97. The monoisotopic (exact) mass is 443 g/mol. The first-order valence-corrected chi connectivity index (χ1v) is 9.89. The van der Waals surface area contributed by atoms with Gasteiger partial charge in [-0.15, -0.1) is 0 Å². The predicted octanol–water partition coefficient (Wildman–Crippen LogP) is 6.98. The third-order valence-corrected chi connectivity index (χ3v) is 4.61. The lowest BCUT2D eigenvalue weighted by Gasteiger charge is -2.02. The molecule has 4 rings (SSSR count). The van der Waals surface area contributed by atoms with Gasteiger partial charge in [0.25, 0.3) is 0 Å². The van der Waals surface area contributed by atoms with Gasteiger partial charge in [0.1, 0.15) is 5.15 Å². The summed E-state index contributed by atoms with van der Waals surface area (Å²) >= 11 is 17.0. The molecule has 0 saturated carbocycles. The Morgan fingerprint density at radius 3 is 1.62 bits per heavy atom. The quantitative estimate of drug-likeness (QED) is 0.268. The molecule has 0 aliphatic rings. The van der Waals surface area contributed by atoms with E-state index in [1.807, 2.05) is 60.7 Å². The molecule has 4 aromatic rings. The van der Waals surface area contributed by atoms with E-state index in [2.05, 4.69) is 22.1 Å². The molecular weight excluding hydrogens is 425 g/mol. The molecule has 0 spiro atoms. The van der Waals surface area contributed by atoms with E-state index in [1.165, 1.54) is 5.56 Å². The average Bonchev–Trinajstić information content (AvgIpc) is 2.74. The number of para-hydroxylation sites is 1. The molecule has 0 aliphatic heterocycles. The van der Waals surface area contributed by atoms with E-state index >= 15 is 0 Å². The Kier molecular flexibility index (Phi) is 10.0. The number of nitrogens with two attached hydrogens (primary N) is 1. The summed E-state index contributed by atoms with van der Waals surface area (Å²) in [6.45, 7) is 0. The number of nitrogens with zero attached hydrogens (tertiary/aromatic N) is 2. The summed E-state index contributed by atoms with van der Waals surface area (Å²) in [5, 5.41) is 1.58. The van der Waals surface area contributed by atoms with Crippen molar-refractivity contribution in [3.8, 4) is 0 Å². The zero-order valence-electron chi connectivity index (χ0n) is 15.6. The number of benzene rings is 2. The van der Waals surface area contributed by atoms with Crippen LogP contribution in [0.2, 0.25) is 15.2 Å². The Morgan fingerprint density at radius 2 is 1.17 bits per heavy atom. The van der Waals surface area contributed by atoms with E-state index in [4.69, 9.17) is 40.5 Å². The second-order valence-electron chi connectivity index (χ2n) is 5.78. The van der Waals surface area contributed by atoms with Crippen LogP contribution in [0.5, 0.6) is 0 Å². The number of hydrogen-bond acceptors (Lipinski definition) is 3. The highest BCUT2D eigenvalue weighted by atomic mass is 35.5. The topological polar surface area (TPSA) is 51.8 Å². The van der Waals surface area contributed by atoms with Gasteiger partial charge in [-0.2, -0.15) is 0 Å². The molecule has 2 aromatic heterocycles. The maximum atomic E-state index is 6.01. The van der Waals surface area contributed by atoms with Crippen LogP contribution in [-0.4, -0.2) is 9.97 Å². The van der Waals surface area contributed by atoms with E-state index in [1.54, 1.807) is 24.5 Å². The molecular formula is C23H20Cl3N3. The molecule has 0 fully saturated rings. The SMILES string of the molecule is Clc1cccnc1Cc1ccccc1.Clc1cccnc1Cl.Nc1ccccc1. The average molecular weight is 445 g/mol. The van der Waals surface area contributed by atoms with Crippen molar-refractivity contribution in [2.75, 3.05) is 5.73 Å². The van der Waals surface area contributed by atoms with Gasteiger partial charge in [-0.3, -0.25) is 4.98 Å². The van der Waals surface area contributed by atoms with E-state index in [9.17, 15) is 0 Å². The summed E-state index contributed by atoms with van der Waals surface area (Å²) in [5.74, 6) is 0. The molecule has 29 heavy (non-hydrogen) atoms.